The van der Waals surface area contributed by atoms with E-state index in [2.05, 4.69) is 22.6 Å². The average molecular weight is 354 g/mol. The molecule has 0 aromatic heterocycles. The first kappa shape index (κ1) is 25.1. The molecule has 0 aliphatic rings. The van der Waals surface area contributed by atoms with Gasteiger partial charge >= 0.3 is 11.9 Å². The lowest BCUT2D eigenvalue weighted by Gasteiger charge is -2.09. The zero-order valence-electron chi connectivity index (χ0n) is 15.6. The summed E-state index contributed by atoms with van der Waals surface area (Å²) in [5, 5.41) is 8.34. The molecule has 0 saturated heterocycles. The molecule has 0 aliphatic carbocycles. The molecule has 1 aromatic carbocycles. The van der Waals surface area contributed by atoms with Crippen molar-refractivity contribution in [2.75, 3.05) is 27.4 Å². The largest absolute Gasteiger partial charge is 0.469 e. The van der Waals surface area contributed by atoms with Crippen LogP contribution in [0.3, 0.4) is 0 Å². The second kappa shape index (κ2) is 16.7. The predicted octanol–water partition coefficient (Wildman–Crippen LogP) is 2.60. The van der Waals surface area contributed by atoms with Gasteiger partial charge in [0, 0.05) is 0 Å². The van der Waals surface area contributed by atoms with E-state index in [-0.39, 0.29) is 30.4 Å². The molecule has 0 saturated carbocycles. The van der Waals surface area contributed by atoms with Gasteiger partial charge in [0.1, 0.15) is 0 Å². The molecule has 2 atom stereocenters. The smallest absolute Gasteiger partial charge is 0.310 e. The summed E-state index contributed by atoms with van der Waals surface area (Å²) in [6.45, 7) is 10.2. The van der Waals surface area contributed by atoms with Crippen LogP contribution in [0.15, 0.2) is 43.5 Å². The van der Waals surface area contributed by atoms with E-state index in [0.717, 1.165) is 5.56 Å². The van der Waals surface area contributed by atoms with Crippen molar-refractivity contribution in [3.05, 3.63) is 49.1 Å². The SMILES string of the molecule is C=C.COC(=O)[C@H](C)CO.COC(=O)[C@H](C)COCc1ccccc1. The van der Waals surface area contributed by atoms with Crippen LogP contribution < -0.4 is 0 Å². The summed E-state index contributed by atoms with van der Waals surface area (Å²) in [6, 6.07) is 9.86. The van der Waals surface area contributed by atoms with E-state index in [9.17, 15) is 9.59 Å². The third-order valence-corrected chi connectivity index (χ3v) is 2.96. The Morgan fingerprint density at radius 3 is 1.88 bits per heavy atom. The molecule has 0 aliphatic heterocycles. The standard InChI is InChI=1S/C12H16O3.C5H10O3.C2H4/c1-10(12(13)14-2)8-15-9-11-6-4-3-5-7-11;1-4(3-6)5(7)8-2;1-2/h3-7,10H,8-9H2,1-2H3;4,6H,3H2,1-2H3;1-2H2/t10-;4-;/m11./s1. The molecule has 142 valence electrons. The highest BCUT2D eigenvalue weighted by atomic mass is 16.5. The van der Waals surface area contributed by atoms with Crippen LogP contribution in [0.1, 0.15) is 19.4 Å². The number of carbonyl (C=O) groups excluding carboxylic acids is 2. The maximum atomic E-state index is 11.1. The monoisotopic (exact) mass is 354 g/mol. The predicted molar refractivity (Wildman–Crippen MR) is 96.8 cm³/mol. The Morgan fingerprint density at radius 2 is 1.48 bits per heavy atom. The molecule has 0 heterocycles. The molecule has 6 heteroatoms. The number of hydrogen-bond acceptors (Lipinski definition) is 6. The summed E-state index contributed by atoms with van der Waals surface area (Å²) >= 11 is 0. The van der Waals surface area contributed by atoms with Crippen molar-refractivity contribution >= 4 is 11.9 Å². The van der Waals surface area contributed by atoms with E-state index in [4.69, 9.17) is 9.84 Å². The molecule has 1 rings (SSSR count). The minimum atomic E-state index is -0.389. The summed E-state index contributed by atoms with van der Waals surface area (Å²) in [7, 11) is 2.69. The quantitative estimate of drug-likeness (QED) is 0.599. The second-order valence-corrected chi connectivity index (χ2v) is 5.03. The normalized spacial score (nSPS) is 11.6. The van der Waals surface area contributed by atoms with Gasteiger partial charge in [-0.05, 0) is 19.4 Å². The summed E-state index contributed by atoms with van der Waals surface area (Å²) in [6.07, 6.45) is 0. The van der Waals surface area contributed by atoms with E-state index in [1.165, 1.54) is 14.2 Å². The van der Waals surface area contributed by atoms with E-state index < -0.39 is 0 Å². The van der Waals surface area contributed by atoms with Crippen LogP contribution in [0.25, 0.3) is 0 Å². The molecule has 0 unspecified atom stereocenters. The van der Waals surface area contributed by atoms with Gasteiger partial charge in [0.2, 0.25) is 0 Å². The van der Waals surface area contributed by atoms with Crippen LogP contribution in [-0.2, 0) is 30.4 Å². The topological polar surface area (TPSA) is 82.1 Å². The van der Waals surface area contributed by atoms with Crippen molar-refractivity contribution < 1.29 is 28.9 Å². The number of rotatable bonds is 7. The highest BCUT2D eigenvalue weighted by Crippen LogP contribution is 2.04. The first-order valence-corrected chi connectivity index (χ1v) is 7.84. The van der Waals surface area contributed by atoms with Crippen molar-refractivity contribution in [2.24, 2.45) is 11.8 Å². The number of hydrogen-bond donors (Lipinski definition) is 1. The molecule has 25 heavy (non-hydrogen) atoms. The average Bonchev–Trinajstić information content (AvgIpc) is 2.68. The zero-order chi connectivity index (χ0) is 19.7. The van der Waals surface area contributed by atoms with Crippen molar-refractivity contribution in [3.63, 3.8) is 0 Å². The molecular formula is C19H30O6. The third-order valence-electron chi connectivity index (χ3n) is 2.96. The van der Waals surface area contributed by atoms with Crippen LogP contribution in [0.4, 0.5) is 0 Å². The summed E-state index contributed by atoms with van der Waals surface area (Å²) in [5.74, 6) is -1.20. The zero-order valence-corrected chi connectivity index (χ0v) is 15.6. The summed E-state index contributed by atoms with van der Waals surface area (Å²) in [5.41, 5.74) is 1.11. The van der Waals surface area contributed by atoms with Crippen LogP contribution in [0.2, 0.25) is 0 Å². The second-order valence-electron chi connectivity index (χ2n) is 5.03. The first-order chi connectivity index (χ1) is 12.0. The Kier molecular flexibility index (Phi) is 16.7. The van der Waals surface area contributed by atoms with E-state index in [1.54, 1.807) is 13.8 Å². The molecule has 0 radical (unpaired) electrons. The van der Waals surface area contributed by atoms with Crippen LogP contribution in [0.5, 0.6) is 0 Å². The lowest BCUT2D eigenvalue weighted by Crippen LogP contribution is -2.18. The molecule has 0 fully saturated rings. The van der Waals surface area contributed by atoms with Crippen molar-refractivity contribution in [3.8, 4) is 0 Å². The number of aliphatic hydroxyl groups excluding tert-OH is 1. The Morgan fingerprint density at radius 1 is 1.00 bits per heavy atom. The van der Waals surface area contributed by atoms with E-state index >= 15 is 0 Å². The fourth-order valence-electron chi connectivity index (χ4n) is 1.47. The third kappa shape index (κ3) is 12.9. The van der Waals surface area contributed by atoms with Crippen molar-refractivity contribution in [1.29, 1.82) is 0 Å². The lowest BCUT2D eigenvalue weighted by molar-refractivity contribution is -0.147. The fraction of sp³-hybridized carbons (Fsp3) is 0.474. The maximum absolute atomic E-state index is 11.1. The number of esters is 2. The fourth-order valence-corrected chi connectivity index (χ4v) is 1.47. The van der Waals surface area contributed by atoms with Crippen LogP contribution in [0, 0.1) is 11.8 Å². The molecule has 0 bridgehead atoms. The highest BCUT2D eigenvalue weighted by Gasteiger charge is 2.12. The number of aliphatic hydroxyl groups is 1. The van der Waals surface area contributed by atoms with Gasteiger partial charge in [0.05, 0.1) is 45.9 Å². The van der Waals surface area contributed by atoms with Gasteiger partial charge in [-0.25, -0.2) is 0 Å². The van der Waals surface area contributed by atoms with Gasteiger partial charge in [-0.3, -0.25) is 9.59 Å². The molecule has 0 spiro atoms. The summed E-state index contributed by atoms with van der Waals surface area (Å²) in [4.78, 5) is 21.4. The number of methoxy groups -OCH3 is 2. The van der Waals surface area contributed by atoms with Crippen molar-refractivity contribution in [1.82, 2.24) is 0 Å². The molecule has 0 amide bonds. The number of ether oxygens (including phenoxy) is 3. The number of benzene rings is 1. The molecule has 6 nitrogen and oxygen atoms in total. The Hall–Kier alpha value is -2.18. The number of carbonyl (C=O) groups is 2. The Balaban J connectivity index is 0. The van der Waals surface area contributed by atoms with Crippen LogP contribution >= 0.6 is 0 Å². The first-order valence-electron chi connectivity index (χ1n) is 7.84. The van der Waals surface area contributed by atoms with E-state index in [1.807, 2.05) is 30.3 Å². The van der Waals surface area contributed by atoms with Gasteiger partial charge in [-0.1, -0.05) is 30.3 Å². The van der Waals surface area contributed by atoms with Gasteiger partial charge in [0.25, 0.3) is 0 Å². The molecule has 1 N–H and O–H groups in total. The van der Waals surface area contributed by atoms with Crippen LogP contribution in [-0.4, -0.2) is 44.5 Å². The molecular weight excluding hydrogens is 324 g/mol. The van der Waals surface area contributed by atoms with Gasteiger partial charge in [0.15, 0.2) is 0 Å². The van der Waals surface area contributed by atoms with Gasteiger partial charge in [-0.15, -0.1) is 13.2 Å². The minimum absolute atomic E-state index is 0.146. The minimum Gasteiger partial charge on any atom is -0.469 e. The van der Waals surface area contributed by atoms with E-state index in [0.29, 0.717) is 13.2 Å². The van der Waals surface area contributed by atoms with Gasteiger partial charge < -0.3 is 19.3 Å². The van der Waals surface area contributed by atoms with Crippen molar-refractivity contribution in [2.45, 2.75) is 20.5 Å². The molecule has 1 aromatic rings. The highest BCUT2D eigenvalue weighted by molar-refractivity contribution is 5.72. The summed E-state index contributed by atoms with van der Waals surface area (Å²) < 4.78 is 14.3. The lowest BCUT2D eigenvalue weighted by atomic mass is 10.2. The Labute approximate surface area is 150 Å². The Bertz CT molecular complexity index is 460. The van der Waals surface area contributed by atoms with Gasteiger partial charge in [-0.2, -0.15) is 0 Å². The maximum Gasteiger partial charge on any atom is 0.310 e.